The summed E-state index contributed by atoms with van der Waals surface area (Å²) in [4.78, 5) is 38.6. The molecule has 1 atom stereocenters. The monoisotopic (exact) mass is 392 g/mol. The Balaban J connectivity index is 1.63. The maximum absolute atomic E-state index is 12.6. The summed E-state index contributed by atoms with van der Waals surface area (Å²) in [5.74, 6) is -0.168. The fourth-order valence-electron chi connectivity index (χ4n) is 3.62. The minimum absolute atomic E-state index is 0.0787. The van der Waals surface area contributed by atoms with Crippen molar-refractivity contribution >= 4 is 17.7 Å². The lowest BCUT2D eigenvalue weighted by Gasteiger charge is -2.24. The van der Waals surface area contributed by atoms with Gasteiger partial charge in [-0.15, -0.1) is 0 Å². The van der Waals surface area contributed by atoms with Crippen molar-refractivity contribution in [2.75, 3.05) is 6.54 Å². The van der Waals surface area contributed by atoms with Crippen LogP contribution in [0.2, 0.25) is 0 Å². The van der Waals surface area contributed by atoms with E-state index in [-0.39, 0.29) is 42.6 Å². The van der Waals surface area contributed by atoms with Crippen LogP contribution in [0, 0.1) is 5.92 Å². The number of fused-ring (bicyclic) bond motifs is 1. The third kappa shape index (κ3) is 4.39. The SMILES string of the molecule is CC(C)c1ccc(C(NC(=O)CCN2C(=O)c3ccccc3C2=O)C(C)C)cc1. The van der Waals surface area contributed by atoms with Crippen LogP contribution in [0.15, 0.2) is 48.5 Å². The Morgan fingerprint density at radius 1 is 0.862 bits per heavy atom. The molecule has 29 heavy (non-hydrogen) atoms. The summed E-state index contributed by atoms with van der Waals surface area (Å²) in [5.41, 5.74) is 3.12. The Labute approximate surface area is 172 Å². The van der Waals surface area contributed by atoms with Crippen LogP contribution >= 0.6 is 0 Å². The van der Waals surface area contributed by atoms with Crippen LogP contribution in [-0.2, 0) is 4.79 Å². The van der Waals surface area contributed by atoms with Crippen molar-refractivity contribution in [1.29, 1.82) is 0 Å². The number of nitrogens with one attached hydrogen (secondary N) is 1. The molecule has 3 amide bonds. The minimum atomic E-state index is -0.330. The van der Waals surface area contributed by atoms with Gasteiger partial charge in [-0.25, -0.2) is 0 Å². The van der Waals surface area contributed by atoms with Gasteiger partial charge in [-0.1, -0.05) is 64.1 Å². The summed E-state index contributed by atoms with van der Waals surface area (Å²) in [6.07, 6.45) is 0.0821. The summed E-state index contributed by atoms with van der Waals surface area (Å²) < 4.78 is 0. The van der Waals surface area contributed by atoms with Crippen LogP contribution in [0.3, 0.4) is 0 Å². The van der Waals surface area contributed by atoms with E-state index >= 15 is 0 Å². The van der Waals surface area contributed by atoms with Gasteiger partial charge in [-0.05, 0) is 35.1 Å². The second-order valence-corrected chi connectivity index (χ2v) is 8.17. The number of rotatable bonds is 7. The van der Waals surface area contributed by atoms with Gasteiger partial charge < -0.3 is 5.32 Å². The van der Waals surface area contributed by atoms with Crippen molar-refractivity contribution in [2.24, 2.45) is 5.92 Å². The summed E-state index contributed by atoms with van der Waals surface area (Å²) in [6, 6.07) is 15.0. The van der Waals surface area contributed by atoms with Gasteiger partial charge in [-0.2, -0.15) is 0 Å². The fourth-order valence-corrected chi connectivity index (χ4v) is 3.62. The van der Waals surface area contributed by atoms with Crippen molar-refractivity contribution in [3.05, 3.63) is 70.8 Å². The van der Waals surface area contributed by atoms with E-state index in [0.29, 0.717) is 17.0 Å². The Morgan fingerprint density at radius 2 is 1.38 bits per heavy atom. The molecule has 1 heterocycles. The van der Waals surface area contributed by atoms with E-state index in [1.807, 2.05) is 0 Å². The number of benzene rings is 2. The van der Waals surface area contributed by atoms with Gasteiger partial charge in [-0.3, -0.25) is 19.3 Å². The summed E-state index contributed by atoms with van der Waals surface area (Å²) in [6.45, 7) is 8.50. The maximum Gasteiger partial charge on any atom is 0.261 e. The minimum Gasteiger partial charge on any atom is -0.349 e. The van der Waals surface area contributed by atoms with E-state index in [2.05, 4.69) is 57.3 Å². The first-order chi connectivity index (χ1) is 13.8. The lowest BCUT2D eigenvalue weighted by molar-refractivity contribution is -0.122. The molecule has 0 aromatic heterocycles. The molecule has 0 saturated carbocycles. The van der Waals surface area contributed by atoms with Crippen LogP contribution in [0.25, 0.3) is 0 Å². The largest absolute Gasteiger partial charge is 0.349 e. The molecular formula is C24H28N2O3. The molecule has 152 valence electrons. The first kappa shape index (κ1) is 20.8. The standard InChI is InChI=1S/C24H28N2O3/c1-15(2)17-9-11-18(12-10-17)22(16(3)4)25-21(27)13-14-26-23(28)19-7-5-6-8-20(19)24(26)29/h5-12,15-16,22H,13-14H2,1-4H3,(H,25,27). The molecule has 1 unspecified atom stereocenters. The van der Waals surface area contributed by atoms with Gasteiger partial charge in [0.1, 0.15) is 0 Å². The summed E-state index contributed by atoms with van der Waals surface area (Å²) >= 11 is 0. The zero-order chi connectivity index (χ0) is 21.1. The van der Waals surface area contributed by atoms with Crippen molar-refractivity contribution < 1.29 is 14.4 Å². The normalized spacial score (nSPS) is 14.5. The zero-order valence-electron chi connectivity index (χ0n) is 17.4. The van der Waals surface area contributed by atoms with Gasteiger partial charge in [0.25, 0.3) is 11.8 Å². The predicted octanol–water partition coefficient (Wildman–Crippen LogP) is 4.31. The number of hydrogen-bond donors (Lipinski definition) is 1. The number of carbonyl (C=O) groups excluding carboxylic acids is 3. The highest BCUT2D eigenvalue weighted by Crippen LogP contribution is 2.25. The van der Waals surface area contributed by atoms with Crippen molar-refractivity contribution in [3.8, 4) is 0 Å². The molecule has 0 aliphatic carbocycles. The van der Waals surface area contributed by atoms with Crippen LogP contribution in [0.4, 0.5) is 0 Å². The van der Waals surface area contributed by atoms with Crippen molar-refractivity contribution in [2.45, 2.75) is 46.1 Å². The molecule has 1 aliphatic heterocycles. The highest BCUT2D eigenvalue weighted by Gasteiger charge is 2.35. The molecule has 0 spiro atoms. The molecule has 0 fully saturated rings. The molecule has 0 bridgehead atoms. The second-order valence-electron chi connectivity index (χ2n) is 8.17. The first-order valence-corrected chi connectivity index (χ1v) is 10.1. The zero-order valence-corrected chi connectivity index (χ0v) is 17.4. The van der Waals surface area contributed by atoms with E-state index < -0.39 is 0 Å². The van der Waals surface area contributed by atoms with Crippen molar-refractivity contribution in [1.82, 2.24) is 10.2 Å². The van der Waals surface area contributed by atoms with Crippen LogP contribution in [0.1, 0.15) is 77.9 Å². The molecule has 1 aliphatic rings. The molecule has 1 N–H and O–H groups in total. The topological polar surface area (TPSA) is 66.5 Å². The Hall–Kier alpha value is -2.95. The van der Waals surface area contributed by atoms with Gasteiger partial charge in [0.05, 0.1) is 17.2 Å². The molecule has 5 nitrogen and oxygen atoms in total. The molecular weight excluding hydrogens is 364 g/mol. The Morgan fingerprint density at radius 3 is 1.86 bits per heavy atom. The van der Waals surface area contributed by atoms with Gasteiger partial charge in [0.15, 0.2) is 0 Å². The smallest absolute Gasteiger partial charge is 0.261 e. The number of amides is 3. The highest BCUT2D eigenvalue weighted by atomic mass is 16.2. The van der Waals surface area contributed by atoms with E-state index in [0.717, 1.165) is 10.5 Å². The number of nitrogens with zero attached hydrogens (tertiary/aromatic N) is 1. The molecule has 0 saturated heterocycles. The Bertz CT molecular complexity index is 881. The Kier molecular flexibility index (Phi) is 6.16. The predicted molar refractivity (Wildman–Crippen MR) is 113 cm³/mol. The summed E-state index contributed by atoms with van der Waals surface area (Å²) in [7, 11) is 0. The first-order valence-electron chi connectivity index (χ1n) is 10.1. The number of imide groups is 1. The third-order valence-electron chi connectivity index (χ3n) is 5.39. The average Bonchev–Trinajstić information content (AvgIpc) is 2.95. The van der Waals surface area contributed by atoms with Gasteiger partial charge in [0, 0.05) is 13.0 Å². The lowest BCUT2D eigenvalue weighted by atomic mass is 9.93. The fraction of sp³-hybridized carbons (Fsp3) is 0.375. The van der Waals surface area contributed by atoms with Crippen LogP contribution in [-0.4, -0.2) is 29.2 Å². The molecule has 0 radical (unpaired) electrons. The van der Waals surface area contributed by atoms with Crippen molar-refractivity contribution in [3.63, 3.8) is 0 Å². The van der Waals surface area contributed by atoms with Crippen LogP contribution in [0.5, 0.6) is 0 Å². The molecule has 2 aromatic carbocycles. The van der Waals surface area contributed by atoms with E-state index in [4.69, 9.17) is 0 Å². The lowest BCUT2D eigenvalue weighted by Crippen LogP contribution is -2.37. The third-order valence-corrected chi connectivity index (χ3v) is 5.39. The molecule has 3 rings (SSSR count). The quantitative estimate of drug-likeness (QED) is 0.714. The van der Waals surface area contributed by atoms with E-state index in [1.54, 1.807) is 24.3 Å². The second kappa shape index (κ2) is 8.60. The van der Waals surface area contributed by atoms with Gasteiger partial charge >= 0.3 is 0 Å². The maximum atomic E-state index is 12.6. The molecule has 2 aromatic rings. The average molecular weight is 392 g/mol. The molecule has 5 heteroatoms. The van der Waals surface area contributed by atoms with E-state index in [1.165, 1.54) is 5.56 Å². The van der Waals surface area contributed by atoms with E-state index in [9.17, 15) is 14.4 Å². The number of hydrogen-bond acceptors (Lipinski definition) is 3. The van der Waals surface area contributed by atoms with Crippen LogP contribution < -0.4 is 5.32 Å². The van der Waals surface area contributed by atoms with Gasteiger partial charge in [0.2, 0.25) is 5.91 Å². The highest BCUT2D eigenvalue weighted by molar-refractivity contribution is 6.21. The number of carbonyl (C=O) groups is 3. The summed E-state index contributed by atoms with van der Waals surface area (Å²) in [5, 5.41) is 3.07.